The highest BCUT2D eigenvalue weighted by atomic mass is 32.1. The molecule has 1 unspecified atom stereocenters. The number of thiophene rings is 1. The van der Waals surface area contributed by atoms with Crippen LogP contribution in [0.3, 0.4) is 0 Å². The molecule has 2 nitrogen and oxygen atoms in total. The Balaban J connectivity index is 2.26. The zero-order chi connectivity index (χ0) is 10.8. The lowest BCUT2D eigenvalue weighted by Crippen LogP contribution is -2.11. The van der Waals surface area contributed by atoms with Gasteiger partial charge in [0.15, 0.2) is 0 Å². The van der Waals surface area contributed by atoms with E-state index in [1.165, 1.54) is 10.1 Å². The molecule has 3 heteroatoms. The van der Waals surface area contributed by atoms with Crippen molar-refractivity contribution in [3.8, 4) is 0 Å². The number of rotatable bonds is 3. The maximum Gasteiger partial charge on any atom is 0.306 e. The summed E-state index contributed by atoms with van der Waals surface area (Å²) in [5, 5.41) is 10.0. The number of benzene rings is 1. The number of hydrogen-bond donors (Lipinski definition) is 1. The Morgan fingerprint density at radius 1 is 1.47 bits per heavy atom. The molecule has 1 aromatic carbocycles. The largest absolute Gasteiger partial charge is 0.481 e. The van der Waals surface area contributed by atoms with Crippen LogP contribution in [0.4, 0.5) is 0 Å². The Labute approximate surface area is 92.2 Å². The molecule has 0 bridgehead atoms. The van der Waals surface area contributed by atoms with Gasteiger partial charge in [-0.1, -0.05) is 25.1 Å². The molecule has 1 aromatic heterocycles. The van der Waals surface area contributed by atoms with Crippen LogP contribution in [0.5, 0.6) is 0 Å². The van der Waals surface area contributed by atoms with Gasteiger partial charge in [0.2, 0.25) is 0 Å². The Morgan fingerprint density at radius 2 is 2.20 bits per heavy atom. The van der Waals surface area contributed by atoms with Crippen molar-refractivity contribution >= 4 is 27.4 Å². The van der Waals surface area contributed by atoms with Gasteiger partial charge >= 0.3 is 5.97 Å². The van der Waals surface area contributed by atoms with Gasteiger partial charge in [-0.15, -0.1) is 11.3 Å². The van der Waals surface area contributed by atoms with E-state index < -0.39 is 5.97 Å². The van der Waals surface area contributed by atoms with Crippen LogP contribution in [-0.4, -0.2) is 11.1 Å². The van der Waals surface area contributed by atoms with Gasteiger partial charge in [-0.25, -0.2) is 0 Å². The number of hydrogen-bond acceptors (Lipinski definition) is 2. The highest BCUT2D eigenvalue weighted by molar-refractivity contribution is 7.19. The molecule has 0 aliphatic rings. The van der Waals surface area contributed by atoms with E-state index in [0.717, 1.165) is 4.88 Å². The van der Waals surface area contributed by atoms with Crippen molar-refractivity contribution in [3.05, 3.63) is 35.2 Å². The molecular formula is C12H12O2S. The maximum atomic E-state index is 10.7. The fourth-order valence-corrected chi connectivity index (χ4v) is 2.72. The van der Waals surface area contributed by atoms with Crippen molar-refractivity contribution in [2.45, 2.75) is 13.3 Å². The highest BCUT2D eigenvalue weighted by Gasteiger charge is 2.13. The van der Waals surface area contributed by atoms with Gasteiger partial charge < -0.3 is 5.11 Å². The van der Waals surface area contributed by atoms with Crippen LogP contribution in [0.1, 0.15) is 11.8 Å². The van der Waals surface area contributed by atoms with Gasteiger partial charge in [0, 0.05) is 9.58 Å². The molecule has 1 N–H and O–H groups in total. The minimum Gasteiger partial charge on any atom is -0.481 e. The zero-order valence-electron chi connectivity index (χ0n) is 8.43. The lowest BCUT2D eigenvalue weighted by atomic mass is 10.1. The molecule has 1 atom stereocenters. The first-order valence-electron chi connectivity index (χ1n) is 4.87. The second-order valence-corrected chi connectivity index (χ2v) is 4.86. The summed E-state index contributed by atoms with van der Waals surface area (Å²) in [4.78, 5) is 11.9. The lowest BCUT2D eigenvalue weighted by molar-refractivity contribution is -0.141. The van der Waals surface area contributed by atoms with Crippen molar-refractivity contribution in [2.75, 3.05) is 0 Å². The zero-order valence-corrected chi connectivity index (χ0v) is 9.25. The normalized spacial score (nSPS) is 12.9. The lowest BCUT2D eigenvalue weighted by Gasteiger charge is -2.01. The van der Waals surface area contributed by atoms with Gasteiger partial charge in [0.05, 0.1) is 5.92 Å². The number of carboxylic acids is 1. The molecule has 78 valence electrons. The molecule has 0 fully saturated rings. The summed E-state index contributed by atoms with van der Waals surface area (Å²) in [5.74, 6) is -1.04. The number of carbonyl (C=O) groups is 1. The Hall–Kier alpha value is -1.35. The van der Waals surface area contributed by atoms with E-state index >= 15 is 0 Å². The van der Waals surface area contributed by atoms with Gasteiger partial charge in [0.1, 0.15) is 0 Å². The fourth-order valence-electron chi connectivity index (χ4n) is 1.53. The summed E-state index contributed by atoms with van der Waals surface area (Å²) < 4.78 is 1.23. The predicted octanol–water partition coefficient (Wildman–Crippen LogP) is 3.16. The molecule has 0 saturated carbocycles. The third-order valence-electron chi connectivity index (χ3n) is 2.41. The van der Waals surface area contributed by atoms with Crippen LogP contribution in [-0.2, 0) is 11.2 Å². The van der Waals surface area contributed by atoms with Crippen LogP contribution in [0.25, 0.3) is 10.1 Å². The summed E-state index contributed by atoms with van der Waals surface area (Å²) in [6.45, 7) is 1.74. The fraction of sp³-hybridized carbons (Fsp3) is 0.250. The molecule has 0 saturated heterocycles. The molecule has 0 radical (unpaired) electrons. The Bertz CT molecular complexity index is 454. The summed E-state index contributed by atoms with van der Waals surface area (Å²) in [5.41, 5.74) is 0. The van der Waals surface area contributed by atoms with Crippen LogP contribution < -0.4 is 0 Å². The van der Waals surface area contributed by atoms with Gasteiger partial charge in [0.25, 0.3) is 0 Å². The van der Waals surface area contributed by atoms with Crippen LogP contribution >= 0.6 is 11.3 Å². The van der Waals surface area contributed by atoms with Crippen LogP contribution in [0.2, 0.25) is 0 Å². The Morgan fingerprint density at radius 3 is 2.87 bits per heavy atom. The molecule has 2 rings (SSSR count). The van der Waals surface area contributed by atoms with E-state index in [-0.39, 0.29) is 5.92 Å². The van der Waals surface area contributed by atoms with E-state index in [1.54, 1.807) is 18.3 Å². The van der Waals surface area contributed by atoms with Crippen molar-refractivity contribution < 1.29 is 9.90 Å². The monoisotopic (exact) mass is 220 g/mol. The van der Waals surface area contributed by atoms with E-state index in [1.807, 2.05) is 12.1 Å². The SMILES string of the molecule is CC(Cc1cc2ccccc2s1)C(=O)O. The summed E-state index contributed by atoms with van der Waals surface area (Å²) in [7, 11) is 0. The predicted molar refractivity (Wildman–Crippen MR) is 62.3 cm³/mol. The summed E-state index contributed by atoms with van der Waals surface area (Å²) in [6.07, 6.45) is 0.620. The third-order valence-corrected chi connectivity index (χ3v) is 3.54. The van der Waals surface area contributed by atoms with Crippen molar-refractivity contribution in [3.63, 3.8) is 0 Å². The first-order chi connectivity index (χ1) is 7.16. The van der Waals surface area contributed by atoms with Gasteiger partial charge in [-0.2, -0.15) is 0 Å². The topological polar surface area (TPSA) is 37.3 Å². The number of carboxylic acid groups (broad SMARTS) is 1. The minimum absolute atomic E-state index is 0.307. The van der Waals surface area contributed by atoms with E-state index in [4.69, 9.17) is 5.11 Å². The molecule has 1 heterocycles. The Kier molecular flexibility index (Phi) is 2.73. The molecule has 0 aliphatic carbocycles. The van der Waals surface area contributed by atoms with Gasteiger partial charge in [-0.3, -0.25) is 4.79 Å². The van der Waals surface area contributed by atoms with E-state index in [9.17, 15) is 4.79 Å². The first-order valence-corrected chi connectivity index (χ1v) is 5.69. The van der Waals surface area contributed by atoms with Gasteiger partial charge in [-0.05, 0) is 23.9 Å². The number of fused-ring (bicyclic) bond motifs is 1. The molecule has 15 heavy (non-hydrogen) atoms. The number of aliphatic carboxylic acids is 1. The van der Waals surface area contributed by atoms with Crippen molar-refractivity contribution in [1.29, 1.82) is 0 Å². The standard InChI is InChI=1S/C12H12O2S/c1-8(12(13)14)6-10-7-9-4-2-3-5-11(9)15-10/h2-5,7-8H,6H2,1H3,(H,13,14). The minimum atomic E-state index is -0.729. The van der Waals surface area contributed by atoms with Crippen LogP contribution in [0.15, 0.2) is 30.3 Å². The smallest absolute Gasteiger partial charge is 0.306 e. The second-order valence-electron chi connectivity index (χ2n) is 3.69. The molecule has 0 spiro atoms. The van der Waals surface area contributed by atoms with E-state index in [0.29, 0.717) is 6.42 Å². The quantitative estimate of drug-likeness (QED) is 0.862. The molecule has 0 amide bonds. The average molecular weight is 220 g/mol. The highest BCUT2D eigenvalue weighted by Crippen LogP contribution is 2.27. The third kappa shape index (κ3) is 2.18. The van der Waals surface area contributed by atoms with Crippen molar-refractivity contribution in [2.24, 2.45) is 5.92 Å². The summed E-state index contributed by atoms with van der Waals surface area (Å²) >= 11 is 1.68. The molecule has 2 aromatic rings. The summed E-state index contributed by atoms with van der Waals surface area (Å²) in [6, 6.07) is 10.2. The second kappa shape index (κ2) is 4.03. The maximum absolute atomic E-state index is 10.7. The average Bonchev–Trinajstić information content (AvgIpc) is 2.59. The van der Waals surface area contributed by atoms with Crippen molar-refractivity contribution in [1.82, 2.24) is 0 Å². The first kappa shape index (κ1) is 10.2. The molecule has 0 aliphatic heterocycles. The van der Waals surface area contributed by atoms with Crippen LogP contribution in [0, 0.1) is 5.92 Å². The van der Waals surface area contributed by atoms with E-state index in [2.05, 4.69) is 18.2 Å². The molecular weight excluding hydrogens is 208 g/mol.